The summed E-state index contributed by atoms with van der Waals surface area (Å²) in [4.78, 5) is 26.5. The molecule has 5 rings (SSSR count). The van der Waals surface area contributed by atoms with Gasteiger partial charge in [0.25, 0.3) is 11.8 Å². The molecule has 4 aromatic rings. The lowest BCUT2D eigenvalue weighted by atomic mass is 9.97. The summed E-state index contributed by atoms with van der Waals surface area (Å²) in [6.07, 6.45) is 0.840. The third kappa shape index (κ3) is 5.83. The van der Waals surface area contributed by atoms with Crippen LogP contribution in [0.5, 0.6) is 0 Å². The highest BCUT2D eigenvalue weighted by Crippen LogP contribution is 2.43. The Morgan fingerprint density at radius 1 is 0.978 bits per heavy atom. The molecule has 45 heavy (non-hydrogen) atoms. The van der Waals surface area contributed by atoms with Gasteiger partial charge in [0, 0.05) is 35.2 Å². The zero-order valence-electron chi connectivity index (χ0n) is 23.7. The molecule has 1 aliphatic heterocycles. The molecular formula is C30H25F6N3O5S. The first kappa shape index (κ1) is 31.9. The minimum atomic E-state index is -4.43. The average Bonchev–Trinajstić information content (AvgIpc) is 3.46. The first-order valence-corrected chi connectivity index (χ1v) is 15.2. The van der Waals surface area contributed by atoms with Crippen LogP contribution in [0.15, 0.2) is 65.1 Å². The van der Waals surface area contributed by atoms with Crippen LogP contribution in [0.4, 0.5) is 32.0 Å². The number of rotatable bonds is 8. The van der Waals surface area contributed by atoms with E-state index in [4.69, 9.17) is 4.42 Å². The number of sulfonamides is 1. The van der Waals surface area contributed by atoms with Gasteiger partial charge in [0.05, 0.1) is 37.1 Å². The van der Waals surface area contributed by atoms with Crippen LogP contribution >= 0.6 is 0 Å². The van der Waals surface area contributed by atoms with Crippen LogP contribution in [-0.2, 0) is 10.0 Å². The van der Waals surface area contributed by atoms with Gasteiger partial charge in [0.15, 0.2) is 0 Å². The SMILES string of the molecule is CNC(=O)c1c(-c2ccc(F)cc2)oc2cc(N(CCF)S(C)(=O)=O)c(-c3cccc(C(=O)N4CC(F)(F)C(F)(F)C4)c3)cc12. The smallest absolute Gasteiger partial charge is 0.329 e. The van der Waals surface area contributed by atoms with E-state index in [2.05, 4.69) is 5.32 Å². The summed E-state index contributed by atoms with van der Waals surface area (Å²) in [6, 6.07) is 12.9. The molecule has 0 saturated carbocycles. The van der Waals surface area contributed by atoms with E-state index in [1.54, 1.807) is 0 Å². The van der Waals surface area contributed by atoms with E-state index in [0.29, 0.717) is 10.5 Å². The number of carbonyl (C=O) groups excluding carboxylic acids is 2. The highest BCUT2D eigenvalue weighted by atomic mass is 32.2. The highest BCUT2D eigenvalue weighted by Gasteiger charge is 2.63. The molecule has 8 nitrogen and oxygen atoms in total. The number of nitrogens with zero attached hydrogens (tertiary/aromatic N) is 2. The van der Waals surface area contributed by atoms with E-state index in [1.165, 1.54) is 55.6 Å². The molecule has 0 atom stereocenters. The molecule has 0 aliphatic carbocycles. The third-order valence-electron chi connectivity index (χ3n) is 7.35. The van der Waals surface area contributed by atoms with Crippen molar-refractivity contribution in [2.75, 3.05) is 43.9 Å². The lowest BCUT2D eigenvalue weighted by Gasteiger charge is -2.24. The van der Waals surface area contributed by atoms with Crippen LogP contribution in [0, 0.1) is 5.82 Å². The fourth-order valence-electron chi connectivity index (χ4n) is 5.18. The number of halogens is 6. The molecule has 0 bridgehead atoms. The Kier molecular flexibility index (Phi) is 8.10. The van der Waals surface area contributed by atoms with Gasteiger partial charge in [-0.05, 0) is 48.0 Å². The molecule has 15 heteroatoms. The Morgan fingerprint density at radius 2 is 1.62 bits per heavy atom. The first-order valence-electron chi connectivity index (χ1n) is 13.4. The zero-order valence-corrected chi connectivity index (χ0v) is 24.5. The van der Waals surface area contributed by atoms with E-state index in [0.717, 1.165) is 22.7 Å². The molecule has 1 aromatic heterocycles. The molecule has 238 valence electrons. The van der Waals surface area contributed by atoms with E-state index in [9.17, 15) is 44.3 Å². The van der Waals surface area contributed by atoms with Gasteiger partial charge in [-0.3, -0.25) is 13.9 Å². The second kappa shape index (κ2) is 11.4. The number of carbonyl (C=O) groups is 2. The molecule has 0 unspecified atom stereocenters. The number of likely N-dealkylation sites (tertiary alicyclic amines) is 1. The average molecular weight is 654 g/mol. The fourth-order valence-corrected chi connectivity index (χ4v) is 6.09. The molecule has 1 aliphatic rings. The number of fused-ring (bicyclic) bond motifs is 1. The molecule has 0 radical (unpaired) electrons. The second-order valence-electron chi connectivity index (χ2n) is 10.4. The van der Waals surface area contributed by atoms with Gasteiger partial charge in [0.1, 0.15) is 23.8 Å². The summed E-state index contributed by atoms with van der Waals surface area (Å²) >= 11 is 0. The van der Waals surface area contributed by atoms with Crippen molar-refractivity contribution in [1.29, 1.82) is 0 Å². The van der Waals surface area contributed by atoms with Crippen LogP contribution in [-0.4, -0.2) is 76.6 Å². The molecule has 2 heterocycles. The number of hydrogen-bond donors (Lipinski definition) is 1. The Hall–Kier alpha value is -4.53. The number of hydrogen-bond acceptors (Lipinski definition) is 5. The number of alkyl halides is 5. The van der Waals surface area contributed by atoms with E-state index < -0.39 is 65.8 Å². The maximum Gasteiger partial charge on any atom is 0.329 e. The van der Waals surface area contributed by atoms with Crippen molar-refractivity contribution in [3.63, 3.8) is 0 Å². The van der Waals surface area contributed by atoms with E-state index in [-0.39, 0.29) is 44.7 Å². The van der Waals surface area contributed by atoms with Crippen LogP contribution in [0.25, 0.3) is 33.4 Å². The molecule has 1 N–H and O–H groups in total. The number of amides is 2. The largest absolute Gasteiger partial charge is 0.455 e. The number of benzene rings is 3. The Labute approximate surface area is 253 Å². The van der Waals surface area contributed by atoms with Crippen molar-refractivity contribution >= 4 is 38.5 Å². The van der Waals surface area contributed by atoms with Crippen molar-refractivity contribution < 1.29 is 48.8 Å². The van der Waals surface area contributed by atoms with Gasteiger partial charge in [-0.2, -0.15) is 17.6 Å². The van der Waals surface area contributed by atoms with Crippen molar-refractivity contribution in [3.8, 4) is 22.5 Å². The summed E-state index contributed by atoms with van der Waals surface area (Å²) < 4.78 is 115. The van der Waals surface area contributed by atoms with Crippen LogP contribution in [0.1, 0.15) is 20.7 Å². The maximum atomic E-state index is 13.8. The van der Waals surface area contributed by atoms with Crippen molar-refractivity contribution in [3.05, 3.63) is 77.6 Å². The zero-order chi connectivity index (χ0) is 32.9. The van der Waals surface area contributed by atoms with E-state index >= 15 is 0 Å². The molecular weight excluding hydrogens is 628 g/mol. The van der Waals surface area contributed by atoms with Crippen LogP contribution < -0.4 is 9.62 Å². The lowest BCUT2D eigenvalue weighted by molar-refractivity contribution is -0.172. The molecule has 0 spiro atoms. The van der Waals surface area contributed by atoms with Crippen molar-refractivity contribution in [2.45, 2.75) is 11.8 Å². The fraction of sp³-hybridized carbons (Fsp3) is 0.267. The number of anilines is 1. The third-order valence-corrected chi connectivity index (χ3v) is 8.53. The van der Waals surface area contributed by atoms with Gasteiger partial charge in [0.2, 0.25) is 10.0 Å². The van der Waals surface area contributed by atoms with E-state index in [1.807, 2.05) is 0 Å². The summed E-state index contributed by atoms with van der Waals surface area (Å²) in [5.74, 6) is -11.1. The monoisotopic (exact) mass is 653 g/mol. The Bertz CT molecular complexity index is 1900. The van der Waals surface area contributed by atoms with Gasteiger partial charge in [-0.25, -0.2) is 17.2 Å². The van der Waals surface area contributed by atoms with Gasteiger partial charge in [-0.15, -0.1) is 0 Å². The highest BCUT2D eigenvalue weighted by molar-refractivity contribution is 7.92. The summed E-state index contributed by atoms with van der Waals surface area (Å²) in [7, 11) is -2.78. The standard InChI is InChI=1S/C30H25F6N3O5S/c1-37-27(40)25-22-13-21(18-4-3-5-19(12-18)28(41)38-15-29(33,34)30(35,36)16-38)23(39(11-10-31)45(2,42)43)14-24(22)44-26(25)17-6-8-20(32)9-7-17/h3-9,12-14H,10-11,15-16H2,1-2H3,(H,37,40). The predicted molar refractivity (Wildman–Crippen MR) is 154 cm³/mol. The minimum Gasteiger partial charge on any atom is -0.455 e. The Morgan fingerprint density at radius 3 is 2.20 bits per heavy atom. The minimum absolute atomic E-state index is 0.00272. The molecule has 2 amide bonds. The van der Waals surface area contributed by atoms with Gasteiger partial charge in [-0.1, -0.05) is 12.1 Å². The normalized spacial score (nSPS) is 15.8. The van der Waals surface area contributed by atoms with Crippen molar-refractivity contribution in [2.24, 2.45) is 0 Å². The summed E-state index contributed by atoms with van der Waals surface area (Å²) in [5, 5.41) is 2.65. The first-order chi connectivity index (χ1) is 21.1. The summed E-state index contributed by atoms with van der Waals surface area (Å²) in [5.41, 5.74) is 0.124. The van der Waals surface area contributed by atoms with Gasteiger partial charge < -0.3 is 14.6 Å². The van der Waals surface area contributed by atoms with Crippen LogP contribution in [0.2, 0.25) is 0 Å². The van der Waals surface area contributed by atoms with Crippen LogP contribution in [0.3, 0.4) is 0 Å². The number of nitrogens with one attached hydrogen (secondary N) is 1. The topological polar surface area (TPSA) is 99.9 Å². The maximum absolute atomic E-state index is 13.8. The summed E-state index contributed by atoms with van der Waals surface area (Å²) in [6.45, 7) is -4.73. The lowest BCUT2D eigenvalue weighted by Crippen LogP contribution is -2.38. The quantitative estimate of drug-likeness (QED) is 0.245. The molecule has 3 aromatic carbocycles. The Balaban J connectivity index is 1.74. The van der Waals surface area contributed by atoms with Gasteiger partial charge >= 0.3 is 11.8 Å². The number of furan rings is 1. The second-order valence-corrected chi connectivity index (χ2v) is 12.3. The van der Waals surface area contributed by atoms with Crippen molar-refractivity contribution in [1.82, 2.24) is 10.2 Å². The molecule has 1 fully saturated rings. The predicted octanol–water partition coefficient (Wildman–Crippen LogP) is 5.73. The molecule has 1 saturated heterocycles.